The van der Waals surface area contributed by atoms with Crippen LogP contribution in [0.25, 0.3) is 0 Å². The molecule has 1 unspecified atom stereocenters. The summed E-state index contributed by atoms with van der Waals surface area (Å²) in [6.45, 7) is 16.0. The van der Waals surface area contributed by atoms with Gasteiger partial charge in [0.15, 0.2) is 0 Å². The number of hydrogen-bond acceptors (Lipinski definition) is 4. The lowest BCUT2D eigenvalue weighted by atomic mass is 10.1. The molecule has 1 fully saturated rings. The van der Waals surface area contributed by atoms with Gasteiger partial charge in [0.25, 0.3) is 5.91 Å². The second-order valence-electron chi connectivity index (χ2n) is 7.04. The van der Waals surface area contributed by atoms with E-state index in [0.717, 1.165) is 22.5 Å². The highest BCUT2D eigenvalue weighted by Gasteiger charge is 2.52. The molecule has 3 rings (SSSR count). The highest BCUT2D eigenvalue weighted by atomic mass is 16.2. The first kappa shape index (κ1) is 18.8. The fraction of sp³-hybridized carbons (Fsp3) is 0.421. The minimum Gasteiger partial charge on any atom is -0.270 e. The summed E-state index contributed by atoms with van der Waals surface area (Å²) in [4.78, 5) is 33.0. The Morgan fingerprint density at radius 1 is 1.30 bits per heavy atom. The number of rotatable bonds is 4. The second kappa shape index (κ2) is 6.61. The van der Waals surface area contributed by atoms with Crippen molar-refractivity contribution in [1.29, 1.82) is 0 Å². The zero-order valence-electron chi connectivity index (χ0n) is 16.5. The third-order valence-corrected chi connectivity index (χ3v) is 4.98. The van der Waals surface area contributed by atoms with Crippen LogP contribution in [0.5, 0.6) is 0 Å². The smallest absolute Gasteiger partial charge is 0.270 e. The number of hydrogen-bond donors (Lipinski definition) is 0. The van der Waals surface area contributed by atoms with Crippen LogP contribution >= 0.6 is 0 Å². The molecule has 8 nitrogen and oxygen atoms in total. The summed E-state index contributed by atoms with van der Waals surface area (Å²) in [5.41, 5.74) is 3.79. The average Bonchev–Trinajstić information content (AvgIpc) is 3.09. The third-order valence-electron chi connectivity index (χ3n) is 4.98. The van der Waals surface area contributed by atoms with Gasteiger partial charge in [0.1, 0.15) is 5.69 Å². The lowest BCUT2D eigenvalue weighted by molar-refractivity contribution is -0.529. The number of nitrogens with zero attached hydrogens (tertiary/aromatic N) is 6. The Morgan fingerprint density at radius 3 is 2.48 bits per heavy atom. The van der Waals surface area contributed by atoms with E-state index in [1.807, 2.05) is 32.3 Å². The molecule has 2 aliphatic heterocycles. The minimum atomic E-state index is -0.691. The number of imide groups is 1. The quantitative estimate of drug-likeness (QED) is 0.596. The van der Waals surface area contributed by atoms with E-state index in [-0.39, 0.29) is 12.5 Å². The van der Waals surface area contributed by atoms with Gasteiger partial charge < -0.3 is 0 Å². The van der Waals surface area contributed by atoms with E-state index in [4.69, 9.17) is 0 Å². The highest BCUT2D eigenvalue weighted by Crippen LogP contribution is 2.22. The number of fused-ring (bicyclic) bond motifs is 1. The third kappa shape index (κ3) is 2.81. The lowest BCUT2D eigenvalue weighted by Crippen LogP contribution is -2.62. The molecule has 27 heavy (non-hydrogen) atoms. The maximum atomic E-state index is 13.1. The Kier molecular flexibility index (Phi) is 4.59. The van der Waals surface area contributed by atoms with Gasteiger partial charge in [-0.05, 0) is 33.3 Å². The number of aliphatic imine (C=N–C) groups is 1. The monoisotopic (exact) mass is 369 g/mol. The number of likely N-dealkylation sites (N-methyl/N-ethyl adjacent to an activating group) is 1. The van der Waals surface area contributed by atoms with Crippen LogP contribution in [0.15, 0.2) is 29.8 Å². The summed E-state index contributed by atoms with van der Waals surface area (Å²) in [6.07, 6.45) is 1.54. The van der Waals surface area contributed by atoms with Crippen LogP contribution in [0.1, 0.15) is 23.9 Å². The number of amides is 3. The van der Waals surface area contributed by atoms with Crippen molar-refractivity contribution in [3.63, 3.8) is 0 Å². The summed E-state index contributed by atoms with van der Waals surface area (Å²) < 4.78 is 3.60. The Labute approximate surface area is 158 Å². The molecule has 1 aromatic rings. The van der Waals surface area contributed by atoms with Crippen molar-refractivity contribution in [3.05, 3.63) is 41.8 Å². The van der Waals surface area contributed by atoms with Crippen LogP contribution in [0.4, 0.5) is 4.79 Å². The van der Waals surface area contributed by atoms with Crippen LogP contribution in [-0.4, -0.2) is 74.1 Å². The van der Waals surface area contributed by atoms with Crippen LogP contribution < -0.4 is 0 Å². The van der Waals surface area contributed by atoms with Gasteiger partial charge in [-0.2, -0.15) is 0 Å². The lowest BCUT2D eigenvalue weighted by Gasteiger charge is -2.33. The molecule has 0 bridgehead atoms. The molecule has 3 amide bonds. The molecule has 1 atom stereocenters. The summed E-state index contributed by atoms with van der Waals surface area (Å²) in [6, 6.07) is -1.10. The number of carbonyl (C=O) groups is 2. The number of carbonyl (C=O) groups excluding carboxylic acids is 2. The summed E-state index contributed by atoms with van der Waals surface area (Å²) in [5, 5.41) is 4.59. The van der Waals surface area contributed by atoms with Crippen LogP contribution in [-0.2, 0) is 4.79 Å². The van der Waals surface area contributed by atoms with E-state index >= 15 is 0 Å². The summed E-state index contributed by atoms with van der Waals surface area (Å²) in [5.74, 6) is 0.623. The summed E-state index contributed by atoms with van der Waals surface area (Å²) in [7, 11) is 1.63. The van der Waals surface area contributed by atoms with Gasteiger partial charge >= 0.3 is 12.0 Å². The van der Waals surface area contributed by atoms with Crippen molar-refractivity contribution < 1.29 is 14.2 Å². The molecule has 0 radical (unpaired) electrons. The van der Waals surface area contributed by atoms with Gasteiger partial charge in [-0.1, -0.05) is 17.6 Å². The first-order chi connectivity index (χ1) is 12.7. The molecule has 8 heteroatoms. The molecule has 1 saturated heterocycles. The fourth-order valence-corrected chi connectivity index (χ4v) is 3.34. The molecule has 0 saturated carbocycles. The standard InChI is InChI=1S/C19H25N6O2/c1-8-9-23-17(26)15-16(22(7)19(23)27)20-18(24(15)10-11(2)3)25-14(6)12(4)13(5)21-25/h8,15H,1-2,9-10H2,3-7H3/q+1. The zero-order chi connectivity index (χ0) is 20.0. The topological polar surface area (TPSA) is 73.8 Å². The largest absolute Gasteiger partial charge is 0.421 e. The Hall–Kier alpha value is -3.03. The van der Waals surface area contributed by atoms with Crippen LogP contribution in [0.3, 0.4) is 0 Å². The van der Waals surface area contributed by atoms with Gasteiger partial charge in [0, 0.05) is 19.2 Å². The molecule has 0 aliphatic carbocycles. The SMILES string of the molecule is C=CCN1C(=O)C2C(=NC(n3nc(C)c(C)c3C)=[N+]2CC(=C)C)N(C)C1=O. The van der Waals surface area contributed by atoms with E-state index in [0.29, 0.717) is 18.3 Å². The van der Waals surface area contributed by atoms with Crippen LogP contribution in [0, 0.1) is 20.8 Å². The first-order valence-electron chi connectivity index (χ1n) is 8.78. The Bertz CT molecular complexity index is 936. The van der Waals surface area contributed by atoms with E-state index in [1.165, 1.54) is 9.80 Å². The van der Waals surface area contributed by atoms with E-state index in [2.05, 4.69) is 23.2 Å². The van der Waals surface area contributed by atoms with E-state index in [9.17, 15) is 9.59 Å². The predicted octanol–water partition coefficient (Wildman–Crippen LogP) is 1.46. The maximum Gasteiger partial charge on any atom is 0.421 e. The van der Waals surface area contributed by atoms with Gasteiger partial charge in [-0.3, -0.25) is 14.6 Å². The minimum absolute atomic E-state index is 0.154. The van der Waals surface area contributed by atoms with Crippen molar-refractivity contribution >= 4 is 23.7 Å². The summed E-state index contributed by atoms with van der Waals surface area (Å²) >= 11 is 0. The number of aromatic nitrogens is 2. The molecule has 2 aliphatic rings. The first-order valence-corrected chi connectivity index (χ1v) is 8.78. The van der Waals surface area contributed by atoms with Gasteiger partial charge in [-0.25, -0.2) is 9.37 Å². The normalized spacial score (nSPS) is 19.6. The number of urea groups is 1. The van der Waals surface area contributed by atoms with Crippen molar-refractivity contribution in [1.82, 2.24) is 19.6 Å². The second-order valence-corrected chi connectivity index (χ2v) is 7.04. The average molecular weight is 369 g/mol. The Balaban J connectivity index is 2.20. The zero-order valence-corrected chi connectivity index (χ0v) is 16.5. The van der Waals surface area contributed by atoms with Crippen molar-refractivity contribution in [2.24, 2.45) is 4.99 Å². The van der Waals surface area contributed by atoms with Crippen molar-refractivity contribution in [2.45, 2.75) is 33.7 Å². The molecule has 1 aromatic heterocycles. The molecule has 0 aromatic carbocycles. The Morgan fingerprint density at radius 2 is 1.96 bits per heavy atom. The fourth-order valence-electron chi connectivity index (χ4n) is 3.34. The molecule has 0 spiro atoms. The van der Waals surface area contributed by atoms with Crippen molar-refractivity contribution in [2.75, 3.05) is 20.1 Å². The van der Waals surface area contributed by atoms with Gasteiger partial charge in [0.05, 0.1) is 12.2 Å². The molecular formula is C19H25N6O2+. The molecular weight excluding hydrogens is 344 g/mol. The van der Waals surface area contributed by atoms with E-state index in [1.54, 1.807) is 17.8 Å². The maximum absolute atomic E-state index is 13.1. The predicted molar refractivity (Wildman–Crippen MR) is 103 cm³/mol. The molecule has 3 heterocycles. The van der Waals surface area contributed by atoms with Gasteiger partial charge in [-0.15, -0.1) is 16.4 Å². The molecule has 0 N–H and O–H groups in total. The number of amidine groups is 1. The highest BCUT2D eigenvalue weighted by molar-refractivity contribution is 6.23. The van der Waals surface area contributed by atoms with Crippen LogP contribution in [0.2, 0.25) is 0 Å². The van der Waals surface area contributed by atoms with Crippen molar-refractivity contribution in [3.8, 4) is 0 Å². The number of aryl methyl sites for hydroxylation is 1. The van der Waals surface area contributed by atoms with Gasteiger partial charge in [0.2, 0.25) is 11.9 Å². The molecule has 142 valence electrons. The van der Waals surface area contributed by atoms with E-state index < -0.39 is 12.1 Å².